The van der Waals surface area contributed by atoms with Gasteiger partial charge in [-0.15, -0.1) is 0 Å². The highest BCUT2D eigenvalue weighted by molar-refractivity contribution is 7.89. The van der Waals surface area contributed by atoms with Crippen LogP contribution in [0.15, 0.2) is 23.1 Å². The van der Waals surface area contributed by atoms with Crippen LogP contribution in [0, 0.1) is 5.92 Å². The zero-order valence-electron chi connectivity index (χ0n) is 11.2. The van der Waals surface area contributed by atoms with Crippen molar-refractivity contribution in [3.05, 3.63) is 23.8 Å². The number of hydrogen-bond acceptors (Lipinski definition) is 4. The van der Waals surface area contributed by atoms with Crippen molar-refractivity contribution in [1.82, 2.24) is 4.72 Å². The van der Waals surface area contributed by atoms with E-state index in [1.807, 2.05) is 13.8 Å². The summed E-state index contributed by atoms with van der Waals surface area (Å²) in [4.78, 5) is 0.271. The van der Waals surface area contributed by atoms with E-state index in [9.17, 15) is 8.42 Å². The maximum atomic E-state index is 12.2. The summed E-state index contributed by atoms with van der Waals surface area (Å²) >= 11 is 0. The molecule has 1 aromatic rings. The SMILES string of the molecule is CC(C)C(N)CNS(=O)(=O)c1ccc2c(c1)CCO2. The summed E-state index contributed by atoms with van der Waals surface area (Å²) in [5.74, 6) is 1.01. The lowest BCUT2D eigenvalue weighted by molar-refractivity contribution is 0.356. The van der Waals surface area contributed by atoms with Crippen LogP contribution in [0.2, 0.25) is 0 Å². The molecule has 0 radical (unpaired) electrons. The molecule has 0 fully saturated rings. The molecule has 0 spiro atoms. The highest BCUT2D eigenvalue weighted by Crippen LogP contribution is 2.27. The van der Waals surface area contributed by atoms with Crippen LogP contribution in [0.1, 0.15) is 19.4 Å². The largest absolute Gasteiger partial charge is 0.493 e. The lowest BCUT2D eigenvalue weighted by atomic mass is 10.1. The number of rotatable bonds is 5. The van der Waals surface area contributed by atoms with Gasteiger partial charge in [0.1, 0.15) is 5.75 Å². The van der Waals surface area contributed by atoms with Gasteiger partial charge in [-0.2, -0.15) is 0 Å². The van der Waals surface area contributed by atoms with Crippen LogP contribution < -0.4 is 15.2 Å². The van der Waals surface area contributed by atoms with Crippen molar-refractivity contribution in [2.24, 2.45) is 11.7 Å². The molecule has 1 atom stereocenters. The molecule has 1 aliphatic heterocycles. The minimum atomic E-state index is -3.50. The second kappa shape index (κ2) is 5.48. The Morgan fingerprint density at radius 2 is 2.16 bits per heavy atom. The van der Waals surface area contributed by atoms with Crippen LogP contribution in [-0.2, 0) is 16.4 Å². The summed E-state index contributed by atoms with van der Waals surface area (Å²) in [6.45, 7) is 4.79. The maximum absolute atomic E-state index is 12.2. The monoisotopic (exact) mass is 284 g/mol. The van der Waals surface area contributed by atoms with Gasteiger partial charge < -0.3 is 10.5 Å². The standard InChI is InChI=1S/C13H20N2O3S/c1-9(2)12(14)8-15-19(16,17)11-3-4-13-10(7-11)5-6-18-13/h3-4,7,9,12,15H,5-6,8,14H2,1-2H3. The molecule has 0 saturated heterocycles. The van der Waals surface area contributed by atoms with E-state index < -0.39 is 10.0 Å². The molecular formula is C13H20N2O3S. The Morgan fingerprint density at radius 1 is 1.42 bits per heavy atom. The highest BCUT2D eigenvalue weighted by atomic mass is 32.2. The van der Waals surface area contributed by atoms with Gasteiger partial charge >= 0.3 is 0 Å². The number of hydrogen-bond donors (Lipinski definition) is 2. The van der Waals surface area contributed by atoms with E-state index in [2.05, 4.69) is 4.72 Å². The van der Waals surface area contributed by atoms with E-state index in [4.69, 9.17) is 10.5 Å². The van der Waals surface area contributed by atoms with Crippen LogP contribution in [0.3, 0.4) is 0 Å². The van der Waals surface area contributed by atoms with E-state index in [-0.39, 0.29) is 23.4 Å². The number of ether oxygens (including phenoxy) is 1. The predicted molar refractivity (Wildman–Crippen MR) is 73.6 cm³/mol. The predicted octanol–water partition coefficient (Wildman–Crippen LogP) is 0.883. The molecule has 0 saturated carbocycles. The minimum absolute atomic E-state index is 0.187. The third-order valence-electron chi connectivity index (χ3n) is 3.34. The van der Waals surface area contributed by atoms with Crippen LogP contribution in [0.25, 0.3) is 0 Å². The van der Waals surface area contributed by atoms with Crippen LogP contribution in [0.5, 0.6) is 5.75 Å². The van der Waals surface area contributed by atoms with Crippen molar-refractivity contribution in [3.8, 4) is 5.75 Å². The third-order valence-corrected chi connectivity index (χ3v) is 4.76. The summed E-state index contributed by atoms with van der Waals surface area (Å²) in [5, 5.41) is 0. The van der Waals surface area contributed by atoms with Crippen molar-refractivity contribution in [2.75, 3.05) is 13.2 Å². The summed E-state index contributed by atoms with van der Waals surface area (Å²) in [5.41, 5.74) is 6.79. The first-order chi connectivity index (χ1) is 8.90. The Hall–Kier alpha value is -1.11. The number of fused-ring (bicyclic) bond motifs is 1. The average molecular weight is 284 g/mol. The zero-order valence-corrected chi connectivity index (χ0v) is 12.0. The van der Waals surface area contributed by atoms with Gasteiger partial charge in [0, 0.05) is 19.0 Å². The van der Waals surface area contributed by atoms with Crippen molar-refractivity contribution in [2.45, 2.75) is 31.2 Å². The average Bonchev–Trinajstić information content (AvgIpc) is 2.82. The molecule has 0 bridgehead atoms. The number of benzene rings is 1. The molecule has 5 nitrogen and oxygen atoms in total. The Kier molecular flexibility index (Phi) is 4.13. The number of nitrogens with one attached hydrogen (secondary N) is 1. The topological polar surface area (TPSA) is 81.4 Å². The molecule has 2 rings (SSSR count). The summed E-state index contributed by atoms with van der Waals surface area (Å²) < 4.78 is 32.2. The lowest BCUT2D eigenvalue weighted by Crippen LogP contribution is -2.40. The van der Waals surface area contributed by atoms with E-state index in [1.165, 1.54) is 0 Å². The quantitative estimate of drug-likeness (QED) is 0.841. The summed E-state index contributed by atoms with van der Waals surface area (Å²) in [6, 6.07) is 4.76. The van der Waals surface area contributed by atoms with E-state index in [0.717, 1.165) is 17.7 Å². The molecule has 0 amide bonds. The van der Waals surface area contributed by atoms with Crippen LogP contribution in [-0.4, -0.2) is 27.6 Å². The fourth-order valence-corrected chi connectivity index (χ4v) is 2.98. The Labute approximate surface area is 114 Å². The molecule has 1 heterocycles. The van der Waals surface area contributed by atoms with Gasteiger partial charge in [0.2, 0.25) is 10.0 Å². The molecule has 106 valence electrons. The molecule has 6 heteroatoms. The second-order valence-corrected chi connectivity index (χ2v) is 6.89. The molecule has 0 aliphatic carbocycles. The second-order valence-electron chi connectivity index (χ2n) is 5.13. The normalized spacial score (nSPS) is 16.2. The van der Waals surface area contributed by atoms with E-state index >= 15 is 0 Å². The van der Waals surface area contributed by atoms with Gasteiger partial charge in [-0.1, -0.05) is 13.8 Å². The molecule has 19 heavy (non-hydrogen) atoms. The molecule has 1 aliphatic rings. The smallest absolute Gasteiger partial charge is 0.240 e. The van der Waals surface area contributed by atoms with Crippen LogP contribution >= 0.6 is 0 Å². The molecule has 1 aromatic carbocycles. The van der Waals surface area contributed by atoms with Crippen molar-refractivity contribution < 1.29 is 13.2 Å². The zero-order chi connectivity index (χ0) is 14.0. The van der Waals surface area contributed by atoms with Gasteiger partial charge in [-0.25, -0.2) is 13.1 Å². The van der Waals surface area contributed by atoms with E-state index in [1.54, 1.807) is 18.2 Å². The Bertz CT molecular complexity index is 555. The highest BCUT2D eigenvalue weighted by Gasteiger charge is 2.20. The molecule has 3 N–H and O–H groups in total. The van der Waals surface area contributed by atoms with Gasteiger partial charge in [-0.05, 0) is 29.7 Å². The van der Waals surface area contributed by atoms with Crippen molar-refractivity contribution >= 4 is 10.0 Å². The van der Waals surface area contributed by atoms with Gasteiger partial charge in [0.25, 0.3) is 0 Å². The fraction of sp³-hybridized carbons (Fsp3) is 0.538. The van der Waals surface area contributed by atoms with Gasteiger partial charge in [0.15, 0.2) is 0 Å². The first-order valence-electron chi connectivity index (χ1n) is 6.41. The third kappa shape index (κ3) is 3.26. The summed E-state index contributed by atoms with van der Waals surface area (Å²) in [7, 11) is -3.50. The van der Waals surface area contributed by atoms with Gasteiger partial charge in [0.05, 0.1) is 11.5 Å². The molecular weight excluding hydrogens is 264 g/mol. The Morgan fingerprint density at radius 3 is 2.84 bits per heavy atom. The van der Waals surface area contributed by atoms with E-state index in [0.29, 0.717) is 6.61 Å². The van der Waals surface area contributed by atoms with Crippen molar-refractivity contribution in [1.29, 1.82) is 0 Å². The summed E-state index contributed by atoms with van der Waals surface area (Å²) in [6.07, 6.45) is 0.754. The molecule has 1 unspecified atom stereocenters. The lowest BCUT2D eigenvalue weighted by Gasteiger charge is -2.16. The fourth-order valence-electron chi connectivity index (χ4n) is 1.86. The molecule has 0 aromatic heterocycles. The number of sulfonamides is 1. The Balaban J connectivity index is 2.11. The van der Waals surface area contributed by atoms with Crippen LogP contribution in [0.4, 0.5) is 0 Å². The first kappa shape index (κ1) is 14.3. The first-order valence-corrected chi connectivity index (χ1v) is 7.89. The maximum Gasteiger partial charge on any atom is 0.240 e. The number of nitrogens with two attached hydrogens (primary N) is 1. The van der Waals surface area contributed by atoms with Gasteiger partial charge in [-0.3, -0.25) is 0 Å². The van der Waals surface area contributed by atoms with Crippen molar-refractivity contribution in [3.63, 3.8) is 0 Å². The minimum Gasteiger partial charge on any atom is -0.493 e.